The first-order valence-electron chi connectivity index (χ1n) is 5.97. The Morgan fingerprint density at radius 3 is 2.67 bits per heavy atom. The average molecular weight is 287 g/mol. The third kappa shape index (κ3) is 4.44. The number of aliphatic hydroxyl groups excluding tert-OH is 1. The molecule has 0 aliphatic rings. The summed E-state index contributed by atoms with van der Waals surface area (Å²) in [5.41, 5.74) is 7.32. The van der Waals surface area contributed by atoms with Crippen LogP contribution in [0.15, 0.2) is 18.2 Å². The molecule has 1 aromatic carbocycles. The first-order valence-corrected chi connectivity index (χ1v) is 6.76. The van der Waals surface area contributed by atoms with Gasteiger partial charge >= 0.3 is 0 Å². The Balaban J connectivity index is 2.61. The van der Waals surface area contributed by atoms with E-state index >= 15 is 0 Å². The van der Waals surface area contributed by atoms with E-state index in [1.54, 1.807) is 0 Å². The van der Waals surface area contributed by atoms with E-state index in [1.807, 2.05) is 25.2 Å². The summed E-state index contributed by atoms with van der Waals surface area (Å²) in [5.74, 6) is 0. The van der Waals surface area contributed by atoms with Gasteiger partial charge in [0.25, 0.3) is 0 Å². The van der Waals surface area contributed by atoms with Crippen molar-refractivity contribution in [3.05, 3.63) is 28.8 Å². The number of benzene rings is 1. The van der Waals surface area contributed by atoms with Gasteiger partial charge in [0.15, 0.2) is 0 Å². The molecule has 0 radical (unpaired) electrons. The minimum Gasteiger partial charge on any atom is -0.396 e. The topological polar surface area (TPSA) is 49.5 Å². The molecule has 0 aliphatic heterocycles. The van der Waals surface area contributed by atoms with E-state index in [1.165, 1.54) is 0 Å². The van der Waals surface area contributed by atoms with Crippen LogP contribution in [-0.2, 0) is 0 Å². The van der Waals surface area contributed by atoms with Gasteiger partial charge in [-0.3, -0.25) is 0 Å². The van der Waals surface area contributed by atoms with Gasteiger partial charge in [-0.2, -0.15) is 0 Å². The van der Waals surface area contributed by atoms with Crippen molar-refractivity contribution >= 4 is 34.5 Å². The molecule has 0 unspecified atom stereocenters. The third-order valence-electron chi connectivity index (χ3n) is 2.81. The van der Waals surface area contributed by atoms with Crippen LogP contribution in [0.5, 0.6) is 0 Å². The summed E-state index contributed by atoms with van der Waals surface area (Å²) in [6.45, 7) is 1.20. The van der Waals surface area contributed by atoms with Crippen molar-refractivity contribution in [1.29, 1.82) is 0 Å². The zero-order chi connectivity index (χ0) is 13.5. The maximum atomic E-state index is 8.71. The van der Waals surface area contributed by atoms with Crippen LogP contribution >= 0.6 is 23.8 Å². The molecule has 100 valence electrons. The van der Waals surface area contributed by atoms with Crippen molar-refractivity contribution in [2.24, 2.45) is 5.73 Å². The van der Waals surface area contributed by atoms with Gasteiger partial charge in [-0.05, 0) is 37.5 Å². The molecule has 0 aromatic heterocycles. The lowest BCUT2D eigenvalue weighted by atomic mass is 10.2. The molecule has 5 heteroatoms. The van der Waals surface area contributed by atoms with E-state index < -0.39 is 0 Å². The Kier molecular flexibility index (Phi) is 6.39. The summed E-state index contributed by atoms with van der Waals surface area (Å²) < 4.78 is 0. The second-order valence-corrected chi connectivity index (χ2v) is 5.08. The lowest BCUT2D eigenvalue weighted by molar-refractivity contribution is 0.283. The normalized spacial score (nSPS) is 10.4. The molecule has 18 heavy (non-hydrogen) atoms. The number of halogens is 1. The first-order chi connectivity index (χ1) is 8.56. The Bertz CT molecular complexity index is 412. The summed E-state index contributed by atoms with van der Waals surface area (Å²) >= 11 is 11.0. The van der Waals surface area contributed by atoms with Gasteiger partial charge in [-0.1, -0.05) is 23.8 Å². The van der Waals surface area contributed by atoms with E-state index in [-0.39, 0.29) is 6.61 Å². The lowest BCUT2D eigenvalue weighted by Crippen LogP contribution is -2.19. The number of thiocarbonyl (C=S) groups is 1. The number of nitrogens with zero attached hydrogens (tertiary/aromatic N) is 1. The highest BCUT2D eigenvalue weighted by molar-refractivity contribution is 7.80. The fourth-order valence-corrected chi connectivity index (χ4v) is 2.22. The van der Waals surface area contributed by atoms with Gasteiger partial charge in [0.05, 0.1) is 5.02 Å². The predicted octanol–water partition coefficient (Wildman–Crippen LogP) is 2.57. The maximum Gasteiger partial charge on any atom is 0.105 e. The van der Waals surface area contributed by atoms with E-state index in [0.717, 1.165) is 31.5 Å². The maximum absolute atomic E-state index is 8.71. The van der Waals surface area contributed by atoms with Gasteiger partial charge < -0.3 is 15.7 Å². The molecule has 1 rings (SSSR count). The molecule has 0 heterocycles. The van der Waals surface area contributed by atoms with Crippen LogP contribution in [0.4, 0.5) is 5.69 Å². The highest BCUT2D eigenvalue weighted by Gasteiger charge is 2.07. The van der Waals surface area contributed by atoms with Gasteiger partial charge in [0.1, 0.15) is 4.99 Å². The largest absolute Gasteiger partial charge is 0.396 e. The first kappa shape index (κ1) is 15.2. The molecule has 0 bridgehead atoms. The Hall–Kier alpha value is -0.840. The quantitative estimate of drug-likeness (QED) is 0.597. The molecule has 0 atom stereocenters. The van der Waals surface area contributed by atoms with Gasteiger partial charge in [-0.25, -0.2) is 0 Å². The summed E-state index contributed by atoms with van der Waals surface area (Å²) in [6, 6.07) is 5.69. The molecule has 3 nitrogen and oxygen atoms in total. The van der Waals surface area contributed by atoms with Crippen LogP contribution in [0.3, 0.4) is 0 Å². The molecule has 0 saturated carbocycles. The van der Waals surface area contributed by atoms with Crippen LogP contribution in [0.1, 0.15) is 24.8 Å². The van der Waals surface area contributed by atoms with Crippen molar-refractivity contribution in [3.63, 3.8) is 0 Å². The number of hydrogen-bond donors (Lipinski definition) is 2. The van der Waals surface area contributed by atoms with E-state index in [0.29, 0.717) is 15.6 Å². The summed E-state index contributed by atoms with van der Waals surface area (Å²) in [6.07, 6.45) is 2.93. The Morgan fingerprint density at radius 1 is 1.39 bits per heavy atom. The smallest absolute Gasteiger partial charge is 0.105 e. The average Bonchev–Trinajstić information content (AvgIpc) is 2.33. The van der Waals surface area contributed by atoms with E-state index in [2.05, 4.69) is 4.90 Å². The Morgan fingerprint density at radius 2 is 2.11 bits per heavy atom. The highest BCUT2D eigenvalue weighted by Crippen LogP contribution is 2.23. The van der Waals surface area contributed by atoms with Gasteiger partial charge in [-0.15, -0.1) is 0 Å². The zero-order valence-electron chi connectivity index (χ0n) is 10.5. The fraction of sp³-hybridized carbons (Fsp3) is 0.462. The molecule has 0 saturated heterocycles. The molecular formula is C13H19ClN2OS. The summed E-state index contributed by atoms with van der Waals surface area (Å²) in [7, 11) is 2.02. The number of anilines is 1. The molecule has 1 aromatic rings. The Labute approximate surface area is 119 Å². The zero-order valence-corrected chi connectivity index (χ0v) is 12.1. The highest BCUT2D eigenvalue weighted by atomic mass is 35.5. The predicted molar refractivity (Wildman–Crippen MR) is 81.5 cm³/mol. The minimum absolute atomic E-state index is 0.262. The van der Waals surface area contributed by atoms with Crippen molar-refractivity contribution in [2.45, 2.75) is 19.3 Å². The van der Waals surface area contributed by atoms with Crippen molar-refractivity contribution in [2.75, 3.05) is 25.1 Å². The van der Waals surface area contributed by atoms with Crippen LogP contribution in [0, 0.1) is 0 Å². The van der Waals surface area contributed by atoms with Crippen molar-refractivity contribution < 1.29 is 5.11 Å². The van der Waals surface area contributed by atoms with E-state index in [9.17, 15) is 0 Å². The van der Waals surface area contributed by atoms with Crippen LogP contribution in [0.25, 0.3) is 0 Å². The number of rotatable bonds is 7. The molecule has 0 amide bonds. The third-order valence-corrected chi connectivity index (χ3v) is 3.34. The van der Waals surface area contributed by atoms with Crippen molar-refractivity contribution in [1.82, 2.24) is 0 Å². The summed E-state index contributed by atoms with van der Waals surface area (Å²) in [5, 5.41) is 9.30. The molecule has 0 aliphatic carbocycles. The molecule has 3 N–H and O–H groups in total. The standard InChI is InChI=1S/C13H19ClN2OS/c1-16(7-3-2-4-8-17)10-5-6-11(13(15)18)12(14)9-10/h5-6,9,17H,2-4,7-8H2,1H3,(H2,15,18). The minimum atomic E-state index is 0.262. The number of aliphatic hydroxyl groups is 1. The molecular weight excluding hydrogens is 268 g/mol. The van der Waals surface area contributed by atoms with E-state index in [4.69, 9.17) is 34.7 Å². The molecule has 0 spiro atoms. The summed E-state index contributed by atoms with van der Waals surface area (Å²) in [4.78, 5) is 2.45. The number of hydrogen-bond acceptors (Lipinski definition) is 3. The van der Waals surface area contributed by atoms with Gasteiger partial charge in [0, 0.05) is 31.5 Å². The second-order valence-electron chi connectivity index (χ2n) is 4.23. The fourth-order valence-electron chi connectivity index (χ4n) is 1.71. The van der Waals surface area contributed by atoms with Crippen LogP contribution in [0.2, 0.25) is 5.02 Å². The monoisotopic (exact) mass is 286 g/mol. The number of unbranched alkanes of at least 4 members (excludes halogenated alkanes) is 2. The molecule has 0 fully saturated rings. The van der Waals surface area contributed by atoms with Crippen LogP contribution in [-0.4, -0.2) is 30.3 Å². The van der Waals surface area contributed by atoms with Crippen LogP contribution < -0.4 is 10.6 Å². The second kappa shape index (κ2) is 7.56. The number of nitrogens with two attached hydrogens (primary N) is 1. The van der Waals surface area contributed by atoms with Gasteiger partial charge in [0.2, 0.25) is 0 Å². The lowest BCUT2D eigenvalue weighted by Gasteiger charge is -2.20. The SMILES string of the molecule is CN(CCCCCO)c1ccc(C(N)=S)c(Cl)c1. The van der Waals surface area contributed by atoms with Crippen molar-refractivity contribution in [3.8, 4) is 0 Å².